The summed E-state index contributed by atoms with van der Waals surface area (Å²) in [6.45, 7) is 1.94. The third-order valence-corrected chi connectivity index (χ3v) is 4.99. The standard InChI is InChI=1S/C17H21N3O3/c1-17-9-12(22)19(3)16(17)20(4)14(13(17)15(23)18-2)10-7-5-6-8-11(10)21/h5-8,16,21H,9H2,1-4H3,(H,18,23)/t16-,17+/m1/s1. The lowest BCUT2D eigenvalue weighted by atomic mass is 9.79. The molecule has 2 heterocycles. The maximum Gasteiger partial charge on any atom is 0.249 e. The van der Waals surface area contributed by atoms with Gasteiger partial charge < -0.3 is 20.2 Å². The molecule has 0 bridgehead atoms. The van der Waals surface area contributed by atoms with Crippen molar-refractivity contribution in [3.05, 3.63) is 35.4 Å². The Morgan fingerprint density at radius 3 is 2.57 bits per heavy atom. The van der Waals surface area contributed by atoms with Crippen molar-refractivity contribution in [3.63, 3.8) is 0 Å². The Balaban J connectivity index is 2.27. The first-order valence-electron chi connectivity index (χ1n) is 7.56. The lowest BCUT2D eigenvalue weighted by Gasteiger charge is -2.33. The summed E-state index contributed by atoms with van der Waals surface area (Å²) in [5.74, 6) is -0.0846. The van der Waals surface area contributed by atoms with E-state index in [1.807, 2.05) is 24.9 Å². The third-order valence-electron chi connectivity index (χ3n) is 4.99. The number of nitrogens with zero attached hydrogens (tertiary/aromatic N) is 2. The van der Waals surface area contributed by atoms with Crippen molar-refractivity contribution >= 4 is 17.5 Å². The predicted molar refractivity (Wildman–Crippen MR) is 86.1 cm³/mol. The Bertz CT molecular complexity index is 728. The molecule has 0 aromatic heterocycles. The Morgan fingerprint density at radius 2 is 1.96 bits per heavy atom. The molecule has 6 nitrogen and oxygen atoms in total. The van der Waals surface area contributed by atoms with Gasteiger partial charge in [0.2, 0.25) is 11.8 Å². The molecule has 1 saturated heterocycles. The van der Waals surface area contributed by atoms with Crippen LogP contribution in [0.15, 0.2) is 29.8 Å². The van der Waals surface area contributed by atoms with Crippen molar-refractivity contribution in [1.29, 1.82) is 0 Å². The minimum atomic E-state index is -0.613. The van der Waals surface area contributed by atoms with E-state index >= 15 is 0 Å². The van der Waals surface area contributed by atoms with Crippen LogP contribution in [0.4, 0.5) is 0 Å². The molecule has 0 saturated carbocycles. The molecule has 2 N–H and O–H groups in total. The minimum absolute atomic E-state index is 0.0158. The van der Waals surface area contributed by atoms with E-state index in [4.69, 9.17) is 0 Å². The van der Waals surface area contributed by atoms with E-state index < -0.39 is 5.41 Å². The first kappa shape index (κ1) is 15.4. The van der Waals surface area contributed by atoms with E-state index in [0.29, 0.717) is 16.8 Å². The summed E-state index contributed by atoms with van der Waals surface area (Å²) in [5.41, 5.74) is 1.21. The number of amides is 2. The second kappa shape index (κ2) is 5.01. The van der Waals surface area contributed by atoms with Crippen molar-refractivity contribution in [1.82, 2.24) is 15.1 Å². The molecule has 122 valence electrons. The van der Waals surface area contributed by atoms with Crippen LogP contribution in [-0.4, -0.2) is 54.0 Å². The number of nitrogens with one attached hydrogen (secondary N) is 1. The average Bonchev–Trinajstić information content (AvgIpc) is 2.87. The van der Waals surface area contributed by atoms with Gasteiger partial charge in [0.05, 0.1) is 11.3 Å². The van der Waals surface area contributed by atoms with Gasteiger partial charge in [-0.15, -0.1) is 0 Å². The van der Waals surface area contributed by atoms with Gasteiger partial charge in [0.15, 0.2) is 0 Å². The van der Waals surface area contributed by atoms with Crippen LogP contribution in [0.3, 0.4) is 0 Å². The maximum atomic E-state index is 12.6. The van der Waals surface area contributed by atoms with Gasteiger partial charge in [0.25, 0.3) is 0 Å². The molecular formula is C17H21N3O3. The number of hydrogen-bond donors (Lipinski definition) is 2. The van der Waals surface area contributed by atoms with Crippen molar-refractivity contribution in [2.24, 2.45) is 5.41 Å². The zero-order valence-electron chi connectivity index (χ0n) is 13.8. The molecule has 0 spiro atoms. The topological polar surface area (TPSA) is 72.9 Å². The third kappa shape index (κ3) is 1.94. The first-order chi connectivity index (χ1) is 10.8. The second-order valence-corrected chi connectivity index (χ2v) is 6.40. The van der Waals surface area contributed by atoms with Gasteiger partial charge in [-0.3, -0.25) is 9.59 Å². The number of para-hydroxylation sites is 1. The maximum absolute atomic E-state index is 12.6. The highest BCUT2D eigenvalue weighted by Gasteiger charge is 2.59. The fourth-order valence-electron chi connectivity index (χ4n) is 4.06. The van der Waals surface area contributed by atoms with Crippen LogP contribution < -0.4 is 5.32 Å². The Kier molecular flexibility index (Phi) is 3.35. The number of benzene rings is 1. The van der Waals surface area contributed by atoms with Gasteiger partial charge in [-0.1, -0.05) is 19.1 Å². The largest absolute Gasteiger partial charge is 0.507 e. The summed E-state index contributed by atoms with van der Waals surface area (Å²) >= 11 is 0. The highest BCUT2D eigenvalue weighted by molar-refractivity contribution is 6.05. The van der Waals surface area contributed by atoms with Crippen molar-refractivity contribution < 1.29 is 14.7 Å². The highest BCUT2D eigenvalue weighted by Crippen LogP contribution is 2.54. The van der Waals surface area contributed by atoms with E-state index in [0.717, 1.165) is 0 Å². The summed E-state index contributed by atoms with van der Waals surface area (Å²) in [6.07, 6.45) is 0.0372. The number of fused-ring (bicyclic) bond motifs is 1. The van der Waals surface area contributed by atoms with Crippen LogP contribution in [0, 0.1) is 5.41 Å². The van der Waals surface area contributed by atoms with Crippen LogP contribution in [0.25, 0.3) is 5.70 Å². The van der Waals surface area contributed by atoms with E-state index in [1.54, 1.807) is 37.2 Å². The van der Waals surface area contributed by atoms with Crippen LogP contribution in [-0.2, 0) is 9.59 Å². The fraction of sp³-hybridized carbons (Fsp3) is 0.412. The molecule has 6 heteroatoms. The average molecular weight is 315 g/mol. The Hall–Kier alpha value is -2.50. The van der Waals surface area contributed by atoms with Crippen molar-refractivity contribution in [2.75, 3.05) is 21.1 Å². The number of carbonyl (C=O) groups is 2. The van der Waals surface area contributed by atoms with E-state index in [2.05, 4.69) is 5.32 Å². The van der Waals surface area contributed by atoms with Gasteiger partial charge in [-0.25, -0.2) is 0 Å². The SMILES string of the molecule is CNC(=O)C1=C(c2ccccc2O)N(C)[C@H]2N(C)C(=O)C[C@@]12C. The van der Waals surface area contributed by atoms with Gasteiger partial charge in [-0.05, 0) is 12.1 Å². The smallest absolute Gasteiger partial charge is 0.249 e. The van der Waals surface area contributed by atoms with Crippen LogP contribution >= 0.6 is 0 Å². The fourth-order valence-corrected chi connectivity index (χ4v) is 4.06. The van der Waals surface area contributed by atoms with Gasteiger partial charge in [0, 0.05) is 38.5 Å². The molecule has 1 fully saturated rings. The Labute approximate surface area is 135 Å². The zero-order chi connectivity index (χ0) is 16.9. The molecule has 2 aliphatic rings. The van der Waals surface area contributed by atoms with Gasteiger partial charge in [-0.2, -0.15) is 0 Å². The number of phenols is 1. The summed E-state index contributed by atoms with van der Waals surface area (Å²) in [6, 6.07) is 6.95. The Morgan fingerprint density at radius 1 is 1.30 bits per heavy atom. The number of rotatable bonds is 2. The molecule has 0 unspecified atom stereocenters. The number of likely N-dealkylation sites (tertiary alicyclic amines) is 1. The predicted octanol–water partition coefficient (Wildman–Crippen LogP) is 0.989. The quantitative estimate of drug-likeness (QED) is 0.854. The molecule has 2 amide bonds. The molecular weight excluding hydrogens is 294 g/mol. The molecule has 2 atom stereocenters. The summed E-state index contributed by atoms with van der Waals surface area (Å²) in [5, 5.41) is 12.9. The lowest BCUT2D eigenvalue weighted by molar-refractivity contribution is -0.128. The second-order valence-electron chi connectivity index (χ2n) is 6.40. The molecule has 2 aliphatic heterocycles. The minimum Gasteiger partial charge on any atom is -0.507 e. The van der Waals surface area contributed by atoms with Gasteiger partial charge in [0.1, 0.15) is 11.9 Å². The molecule has 0 radical (unpaired) electrons. The molecule has 1 aromatic carbocycles. The molecule has 1 aromatic rings. The van der Waals surface area contributed by atoms with Crippen LogP contribution in [0.2, 0.25) is 0 Å². The van der Waals surface area contributed by atoms with Crippen LogP contribution in [0.5, 0.6) is 5.75 Å². The normalized spacial score (nSPS) is 26.8. The number of phenolic OH excluding ortho intramolecular Hbond substituents is 1. The molecule has 3 rings (SSSR count). The van der Waals surface area contributed by atoms with Crippen molar-refractivity contribution in [2.45, 2.75) is 19.5 Å². The van der Waals surface area contributed by atoms with E-state index in [-0.39, 0.29) is 30.2 Å². The van der Waals surface area contributed by atoms with Crippen LogP contribution in [0.1, 0.15) is 18.9 Å². The summed E-state index contributed by atoms with van der Waals surface area (Å²) < 4.78 is 0. The first-order valence-corrected chi connectivity index (χ1v) is 7.56. The number of carbonyl (C=O) groups excluding carboxylic acids is 2. The molecule has 0 aliphatic carbocycles. The molecule has 23 heavy (non-hydrogen) atoms. The van der Waals surface area contributed by atoms with E-state index in [9.17, 15) is 14.7 Å². The highest BCUT2D eigenvalue weighted by atomic mass is 16.3. The lowest BCUT2D eigenvalue weighted by Crippen LogP contribution is -2.44. The van der Waals surface area contributed by atoms with Gasteiger partial charge >= 0.3 is 0 Å². The number of hydrogen-bond acceptors (Lipinski definition) is 4. The number of likely N-dealkylation sites (N-methyl/N-ethyl adjacent to an activating group) is 1. The van der Waals surface area contributed by atoms with E-state index in [1.165, 1.54) is 0 Å². The summed E-state index contributed by atoms with van der Waals surface area (Å²) in [7, 11) is 5.19. The monoisotopic (exact) mass is 315 g/mol. The summed E-state index contributed by atoms with van der Waals surface area (Å²) in [4.78, 5) is 28.4. The number of aromatic hydroxyl groups is 1. The van der Waals surface area contributed by atoms with Crippen molar-refractivity contribution in [3.8, 4) is 5.75 Å². The zero-order valence-corrected chi connectivity index (χ0v) is 13.8.